The SMILES string of the molecule is C=C[C@H]1CC/C=C\C[C@H](O[Si](c2ccccc2)(c2ccccc2)C(C)(C)C)[C@@H](C=C)O1. The van der Waals surface area contributed by atoms with Crippen LogP contribution in [-0.4, -0.2) is 26.6 Å². The molecule has 0 saturated heterocycles. The Morgan fingerprint density at radius 2 is 1.48 bits per heavy atom. The molecule has 1 aliphatic heterocycles. The average molecular weight is 433 g/mol. The predicted octanol–water partition coefficient (Wildman–Crippen LogP) is 5.80. The molecule has 0 bridgehead atoms. The second-order valence-corrected chi connectivity index (χ2v) is 13.5. The summed E-state index contributed by atoms with van der Waals surface area (Å²) in [5.41, 5.74) is 0. The summed E-state index contributed by atoms with van der Waals surface area (Å²) in [6.45, 7) is 15.0. The summed E-state index contributed by atoms with van der Waals surface area (Å²) in [6, 6.07) is 21.5. The molecular weight excluding hydrogens is 396 g/mol. The molecule has 2 aromatic rings. The van der Waals surface area contributed by atoms with Gasteiger partial charge in [0, 0.05) is 0 Å². The molecule has 0 aliphatic carbocycles. The maximum atomic E-state index is 7.36. The fourth-order valence-corrected chi connectivity index (χ4v) is 9.21. The van der Waals surface area contributed by atoms with Gasteiger partial charge in [0.15, 0.2) is 0 Å². The maximum absolute atomic E-state index is 7.36. The third-order valence-corrected chi connectivity index (χ3v) is 11.2. The topological polar surface area (TPSA) is 18.5 Å². The minimum Gasteiger partial charge on any atom is -0.401 e. The van der Waals surface area contributed by atoms with E-state index in [0.29, 0.717) is 0 Å². The molecule has 0 radical (unpaired) electrons. The molecule has 3 rings (SSSR count). The normalized spacial score (nSPS) is 23.8. The first-order chi connectivity index (χ1) is 14.9. The molecule has 0 unspecified atom stereocenters. The van der Waals surface area contributed by atoms with Crippen LogP contribution in [0.1, 0.15) is 40.0 Å². The van der Waals surface area contributed by atoms with Gasteiger partial charge in [0.2, 0.25) is 0 Å². The van der Waals surface area contributed by atoms with Gasteiger partial charge in [0.1, 0.15) is 6.10 Å². The average Bonchev–Trinajstić information content (AvgIpc) is 2.87. The van der Waals surface area contributed by atoms with Gasteiger partial charge in [0.05, 0.1) is 12.2 Å². The Morgan fingerprint density at radius 1 is 0.903 bits per heavy atom. The van der Waals surface area contributed by atoms with Crippen molar-refractivity contribution in [2.75, 3.05) is 0 Å². The van der Waals surface area contributed by atoms with Crippen molar-refractivity contribution in [3.8, 4) is 0 Å². The summed E-state index contributed by atoms with van der Waals surface area (Å²) in [4.78, 5) is 0. The van der Waals surface area contributed by atoms with Gasteiger partial charge in [-0.05, 0) is 34.7 Å². The molecule has 0 N–H and O–H groups in total. The van der Waals surface area contributed by atoms with E-state index in [0.717, 1.165) is 19.3 Å². The molecule has 1 heterocycles. The molecule has 2 nitrogen and oxygen atoms in total. The van der Waals surface area contributed by atoms with Crippen LogP contribution < -0.4 is 10.4 Å². The predicted molar refractivity (Wildman–Crippen MR) is 135 cm³/mol. The van der Waals surface area contributed by atoms with Gasteiger partial charge in [0.25, 0.3) is 8.32 Å². The van der Waals surface area contributed by atoms with E-state index >= 15 is 0 Å². The van der Waals surface area contributed by atoms with E-state index in [-0.39, 0.29) is 23.4 Å². The van der Waals surface area contributed by atoms with E-state index in [1.165, 1.54) is 10.4 Å². The van der Waals surface area contributed by atoms with Crippen LogP contribution in [0.15, 0.2) is 98.1 Å². The molecule has 0 spiro atoms. The van der Waals surface area contributed by atoms with Crippen LogP contribution >= 0.6 is 0 Å². The van der Waals surface area contributed by atoms with Crippen LogP contribution in [0.5, 0.6) is 0 Å². The molecule has 164 valence electrons. The Balaban J connectivity index is 2.15. The summed E-state index contributed by atoms with van der Waals surface area (Å²) < 4.78 is 13.8. The van der Waals surface area contributed by atoms with E-state index in [2.05, 4.69) is 107 Å². The molecule has 0 fully saturated rings. The third-order valence-electron chi connectivity index (χ3n) is 6.09. The van der Waals surface area contributed by atoms with Crippen molar-refractivity contribution < 1.29 is 9.16 Å². The Labute approximate surface area is 189 Å². The minimum absolute atomic E-state index is 0.00370. The highest BCUT2D eigenvalue weighted by Crippen LogP contribution is 2.38. The van der Waals surface area contributed by atoms with Gasteiger partial charge in [-0.3, -0.25) is 0 Å². The molecule has 1 aliphatic rings. The largest absolute Gasteiger partial charge is 0.401 e. The highest BCUT2D eigenvalue weighted by Gasteiger charge is 2.52. The Bertz CT molecular complexity index is 827. The van der Waals surface area contributed by atoms with Gasteiger partial charge in [-0.25, -0.2) is 0 Å². The van der Waals surface area contributed by atoms with Gasteiger partial charge in [-0.1, -0.05) is 106 Å². The van der Waals surface area contributed by atoms with Crippen molar-refractivity contribution in [3.63, 3.8) is 0 Å². The summed E-state index contributed by atoms with van der Waals surface area (Å²) in [5, 5.41) is 2.47. The number of allylic oxidation sites excluding steroid dienone is 1. The number of hydrogen-bond donors (Lipinski definition) is 0. The Hall–Kier alpha value is -2.20. The zero-order valence-electron chi connectivity index (χ0n) is 19.2. The third kappa shape index (κ3) is 5.17. The van der Waals surface area contributed by atoms with Crippen molar-refractivity contribution in [1.82, 2.24) is 0 Å². The molecule has 3 heteroatoms. The fraction of sp³-hybridized carbons (Fsp3) is 0.357. The van der Waals surface area contributed by atoms with E-state index in [1.54, 1.807) is 0 Å². The van der Waals surface area contributed by atoms with Crippen LogP contribution in [0, 0.1) is 0 Å². The van der Waals surface area contributed by atoms with Crippen LogP contribution in [-0.2, 0) is 9.16 Å². The Kier molecular flexibility index (Phi) is 7.87. The van der Waals surface area contributed by atoms with Crippen molar-refractivity contribution in [2.45, 2.75) is 63.4 Å². The number of hydrogen-bond acceptors (Lipinski definition) is 2. The second kappa shape index (κ2) is 10.4. The first-order valence-electron chi connectivity index (χ1n) is 11.3. The number of benzene rings is 2. The second-order valence-electron chi connectivity index (χ2n) is 9.21. The fourth-order valence-electron chi connectivity index (χ4n) is 4.51. The van der Waals surface area contributed by atoms with Crippen LogP contribution in [0.25, 0.3) is 0 Å². The first-order valence-corrected chi connectivity index (χ1v) is 13.2. The van der Waals surface area contributed by atoms with Crippen molar-refractivity contribution in [1.29, 1.82) is 0 Å². The summed E-state index contributed by atoms with van der Waals surface area (Å²) in [6.07, 6.45) is 10.7. The summed E-state index contributed by atoms with van der Waals surface area (Å²) >= 11 is 0. The summed E-state index contributed by atoms with van der Waals surface area (Å²) in [5.74, 6) is 0. The highest BCUT2D eigenvalue weighted by molar-refractivity contribution is 6.99. The monoisotopic (exact) mass is 432 g/mol. The van der Waals surface area contributed by atoms with Crippen molar-refractivity contribution in [2.24, 2.45) is 0 Å². The van der Waals surface area contributed by atoms with E-state index in [4.69, 9.17) is 9.16 Å². The van der Waals surface area contributed by atoms with Gasteiger partial charge < -0.3 is 9.16 Å². The zero-order chi connectivity index (χ0) is 22.3. The molecule has 0 aromatic heterocycles. The molecule has 0 saturated carbocycles. The lowest BCUT2D eigenvalue weighted by Gasteiger charge is -2.46. The maximum Gasteiger partial charge on any atom is 0.261 e. The van der Waals surface area contributed by atoms with Crippen molar-refractivity contribution >= 4 is 18.7 Å². The van der Waals surface area contributed by atoms with Gasteiger partial charge in [-0.2, -0.15) is 0 Å². The van der Waals surface area contributed by atoms with Gasteiger partial charge in [-0.15, -0.1) is 13.2 Å². The molecule has 2 aromatic carbocycles. The van der Waals surface area contributed by atoms with Crippen LogP contribution in [0.4, 0.5) is 0 Å². The van der Waals surface area contributed by atoms with Crippen LogP contribution in [0.3, 0.4) is 0 Å². The summed E-state index contributed by atoms with van der Waals surface area (Å²) in [7, 11) is -2.67. The highest BCUT2D eigenvalue weighted by atomic mass is 28.4. The minimum atomic E-state index is -2.67. The number of rotatable bonds is 6. The van der Waals surface area contributed by atoms with Crippen LogP contribution in [0.2, 0.25) is 5.04 Å². The van der Waals surface area contributed by atoms with E-state index in [1.807, 2.05) is 12.2 Å². The molecule has 31 heavy (non-hydrogen) atoms. The van der Waals surface area contributed by atoms with E-state index in [9.17, 15) is 0 Å². The molecule has 0 amide bonds. The molecular formula is C28H36O2Si. The lowest BCUT2D eigenvalue weighted by molar-refractivity contribution is -0.0281. The lowest BCUT2D eigenvalue weighted by atomic mass is 10.1. The lowest BCUT2D eigenvalue weighted by Crippen LogP contribution is -2.68. The standard InChI is InChI=1S/C28H36O2Si/c1-6-23-17-11-8-16-22-27(26(7-2)29-23)30-31(28(3,4)5,24-18-12-9-13-19-24)25-20-14-10-15-21-25/h6-10,12-16,18-21,23,26-27H,1-2,11,17,22H2,3-5H3/b16-8-/t23-,26+,27-/m0/s1. The molecule has 3 atom stereocenters. The quantitative estimate of drug-likeness (QED) is 0.424. The van der Waals surface area contributed by atoms with Crippen molar-refractivity contribution in [3.05, 3.63) is 98.1 Å². The number of ether oxygens (including phenoxy) is 1. The Morgan fingerprint density at radius 3 is 1.97 bits per heavy atom. The van der Waals surface area contributed by atoms with E-state index < -0.39 is 8.32 Å². The zero-order valence-corrected chi connectivity index (χ0v) is 20.2. The first kappa shape index (κ1) is 23.5. The smallest absolute Gasteiger partial charge is 0.261 e. The van der Waals surface area contributed by atoms with Gasteiger partial charge >= 0.3 is 0 Å².